The zero-order valence-corrected chi connectivity index (χ0v) is 14.6. The number of benzene rings is 2. The highest BCUT2D eigenvalue weighted by Gasteiger charge is 2.21. The fourth-order valence-corrected chi connectivity index (χ4v) is 2.68. The molecule has 0 heterocycles. The molecule has 2 aromatic rings. The van der Waals surface area contributed by atoms with Gasteiger partial charge in [-0.05, 0) is 24.1 Å². The summed E-state index contributed by atoms with van der Waals surface area (Å²) in [5.74, 6) is -3.14. The van der Waals surface area contributed by atoms with Crippen molar-refractivity contribution < 1.29 is 18.4 Å². The van der Waals surface area contributed by atoms with Crippen molar-refractivity contribution in [1.29, 1.82) is 0 Å². The van der Waals surface area contributed by atoms with E-state index in [4.69, 9.17) is 0 Å². The van der Waals surface area contributed by atoms with Crippen molar-refractivity contribution in [2.75, 3.05) is 0 Å². The Labute approximate surface area is 151 Å². The predicted octanol–water partition coefficient (Wildman–Crippen LogP) is 4.73. The van der Waals surface area contributed by atoms with E-state index >= 15 is 0 Å². The molecule has 3 amide bonds. The number of halogens is 2. The molecule has 0 fully saturated rings. The number of hydrogen-bond acceptors (Lipinski definition) is 2. The van der Waals surface area contributed by atoms with Gasteiger partial charge in [0.2, 0.25) is 0 Å². The molecule has 0 saturated carbocycles. The summed E-state index contributed by atoms with van der Waals surface area (Å²) in [4.78, 5) is 24.2. The van der Waals surface area contributed by atoms with E-state index < -0.39 is 29.1 Å². The minimum absolute atomic E-state index is 0.291. The molecular weight excluding hydrogens is 338 g/mol. The van der Waals surface area contributed by atoms with Crippen LogP contribution in [0.3, 0.4) is 0 Å². The van der Waals surface area contributed by atoms with Gasteiger partial charge in [-0.2, -0.15) is 0 Å². The lowest BCUT2D eigenvalue weighted by Gasteiger charge is -2.19. The Hall–Kier alpha value is -2.76. The Morgan fingerprint density at radius 3 is 2.23 bits per heavy atom. The highest BCUT2D eigenvalue weighted by Crippen LogP contribution is 2.20. The van der Waals surface area contributed by atoms with E-state index in [0.29, 0.717) is 6.42 Å². The summed E-state index contributed by atoms with van der Waals surface area (Å²) in [6.45, 7) is 2.08. The lowest BCUT2D eigenvalue weighted by molar-refractivity contribution is 0.0955. The molecule has 0 aliphatic rings. The fourth-order valence-electron chi connectivity index (χ4n) is 2.68. The Kier molecular flexibility index (Phi) is 7.26. The highest BCUT2D eigenvalue weighted by molar-refractivity contribution is 6.04. The van der Waals surface area contributed by atoms with E-state index in [1.807, 2.05) is 35.6 Å². The summed E-state index contributed by atoms with van der Waals surface area (Å²) in [5.41, 5.74) is 0.133. The smallest absolute Gasteiger partial charge is 0.322 e. The van der Waals surface area contributed by atoms with Gasteiger partial charge in [0.1, 0.15) is 17.2 Å². The summed E-state index contributed by atoms with van der Waals surface area (Å²) >= 11 is 0. The van der Waals surface area contributed by atoms with Crippen molar-refractivity contribution >= 4 is 11.9 Å². The standard InChI is InChI=1S/C20H22F2N2O2/c1-2-3-5-13-17(14-9-6-4-7-10-14)23-20(26)24-19(25)18-15(21)11-8-12-16(18)22/h4,6-12,17H,2-3,5,13H2,1H3,(H2,23,24,25,26). The average Bonchev–Trinajstić information content (AvgIpc) is 2.61. The first-order chi connectivity index (χ1) is 12.5. The molecule has 4 nitrogen and oxygen atoms in total. The van der Waals surface area contributed by atoms with Gasteiger partial charge in [0.05, 0.1) is 6.04 Å². The third-order valence-corrected chi connectivity index (χ3v) is 4.02. The van der Waals surface area contributed by atoms with Gasteiger partial charge in [0.25, 0.3) is 5.91 Å². The van der Waals surface area contributed by atoms with Crippen molar-refractivity contribution in [3.05, 3.63) is 71.3 Å². The van der Waals surface area contributed by atoms with Gasteiger partial charge in [-0.1, -0.05) is 62.6 Å². The molecule has 0 bridgehead atoms. The van der Waals surface area contributed by atoms with Crippen LogP contribution in [0.15, 0.2) is 48.5 Å². The SMILES string of the molecule is CCCCCC(NC(=O)NC(=O)c1c(F)cccc1F)c1ccccc1. The first-order valence-corrected chi connectivity index (χ1v) is 8.63. The molecule has 2 rings (SSSR count). The lowest BCUT2D eigenvalue weighted by atomic mass is 10.0. The Morgan fingerprint density at radius 2 is 1.62 bits per heavy atom. The molecule has 0 spiro atoms. The average molecular weight is 360 g/mol. The van der Waals surface area contributed by atoms with Crippen molar-refractivity contribution in [1.82, 2.24) is 10.6 Å². The zero-order chi connectivity index (χ0) is 18.9. The number of imide groups is 1. The summed E-state index contributed by atoms with van der Waals surface area (Å²) in [7, 11) is 0. The number of amides is 3. The van der Waals surface area contributed by atoms with E-state index in [1.54, 1.807) is 0 Å². The highest BCUT2D eigenvalue weighted by atomic mass is 19.1. The molecule has 1 unspecified atom stereocenters. The van der Waals surface area contributed by atoms with Gasteiger partial charge in [0, 0.05) is 0 Å². The minimum atomic E-state index is -1.11. The summed E-state index contributed by atoms with van der Waals surface area (Å²) < 4.78 is 27.3. The van der Waals surface area contributed by atoms with Crippen LogP contribution in [0.1, 0.15) is 54.6 Å². The van der Waals surface area contributed by atoms with Crippen molar-refractivity contribution in [2.45, 2.75) is 38.6 Å². The molecule has 1 atom stereocenters. The Bertz CT molecular complexity index is 730. The Balaban J connectivity index is 2.05. The topological polar surface area (TPSA) is 58.2 Å². The van der Waals surface area contributed by atoms with Crippen LogP contribution < -0.4 is 10.6 Å². The number of carbonyl (C=O) groups excluding carboxylic acids is 2. The number of urea groups is 1. The molecular formula is C20H22F2N2O2. The van der Waals surface area contributed by atoms with E-state index in [-0.39, 0.29) is 6.04 Å². The summed E-state index contributed by atoms with van der Waals surface area (Å²) in [6.07, 6.45) is 3.67. The quantitative estimate of drug-likeness (QED) is 0.702. The van der Waals surface area contributed by atoms with Crippen LogP contribution in [0.5, 0.6) is 0 Å². The second kappa shape index (κ2) is 9.65. The number of hydrogen-bond donors (Lipinski definition) is 2. The molecule has 0 aliphatic heterocycles. The van der Waals surface area contributed by atoms with Gasteiger partial charge >= 0.3 is 6.03 Å². The predicted molar refractivity (Wildman–Crippen MR) is 95.7 cm³/mol. The van der Waals surface area contributed by atoms with E-state index in [1.165, 1.54) is 0 Å². The van der Waals surface area contributed by atoms with Crippen LogP contribution in [0.25, 0.3) is 0 Å². The van der Waals surface area contributed by atoms with E-state index in [9.17, 15) is 18.4 Å². The third-order valence-electron chi connectivity index (χ3n) is 4.02. The third kappa shape index (κ3) is 5.37. The van der Waals surface area contributed by atoms with E-state index in [0.717, 1.165) is 43.0 Å². The van der Waals surface area contributed by atoms with Gasteiger partial charge in [-0.25, -0.2) is 13.6 Å². The maximum Gasteiger partial charge on any atom is 0.322 e. The molecule has 138 valence electrons. The first-order valence-electron chi connectivity index (χ1n) is 8.63. The molecule has 6 heteroatoms. The Morgan fingerprint density at radius 1 is 0.962 bits per heavy atom. The first kappa shape index (κ1) is 19.6. The monoisotopic (exact) mass is 360 g/mol. The van der Waals surface area contributed by atoms with Crippen LogP contribution in [0, 0.1) is 11.6 Å². The molecule has 0 aromatic heterocycles. The fraction of sp³-hybridized carbons (Fsp3) is 0.300. The second-order valence-electron chi connectivity index (χ2n) is 5.98. The van der Waals surface area contributed by atoms with Crippen molar-refractivity contribution in [3.8, 4) is 0 Å². The number of carbonyl (C=O) groups is 2. The zero-order valence-electron chi connectivity index (χ0n) is 14.6. The maximum absolute atomic E-state index is 13.7. The molecule has 0 radical (unpaired) electrons. The van der Waals surface area contributed by atoms with Crippen LogP contribution in [0.4, 0.5) is 13.6 Å². The lowest BCUT2D eigenvalue weighted by Crippen LogP contribution is -2.41. The van der Waals surface area contributed by atoms with Crippen LogP contribution in [-0.2, 0) is 0 Å². The van der Waals surface area contributed by atoms with Gasteiger partial charge in [0.15, 0.2) is 0 Å². The van der Waals surface area contributed by atoms with Crippen molar-refractivity contribution in [3.63, 3.8) is 0 Å². The normalized spacial score (nSPS) is 11.7. The molecule has 0 aliphatic carbocycles. The number of unbranched alkanes of at least 4 members (excludes halogenated alkanes) is 2. The maximum atomic E-state index is 13.7. The van der Waals surface area contributed by atoms with Gasteiger partial charge in [-0.15, -0.1) is 0 Å². The van der Waals surface area contributed by atoms with E-state index in [2.05, 4.69) is 12.2 Å². The number of nitrogens with one attached hydrogen (secondary N) is 2. The van der Waals surface area contributed by atoms with Crippen LogP contribution >= 0.6 is 0 Å². The summed E-state index contributed by atoms with van der Waals surface area (Å²) in [6, 6.07) is 11.4. The van der Waals surface area contributed by atoms with Crippen molar-refractivity contribution in [2.24, 2.45) is 0 Å². The number of rotatable bonds is 7. The molecule has 2 N–H and O–H groups in total. The van der Waals surface area contributed by atoms with Gasteiger partial charge < -0.3 is 5.32 Å². The molecule has 0 saturated heterocycles. The largest absolute Gasteiger partial charge is 0.331 e. The van der Waals surface area contributed by atoms with Crippen LogP contribution in [0.2, 0.25) is 0 Å². The minimum Gasteiger partial charge on any atom is -0.331 e. The van der Waals surface area contributed by atoms with Crippen LogP contribution in [-0.4, -0.2) is 11.9 Å². The molecule has 2 aromatic carbocycles. The van der Waals surface area contributed by atoms with Gasteiger partial charge in [-0.3, -0.25) is 10.1 Å². The second-order valence-corrected chi connectivity index (χ2v) is 5.98. The molecule has 26 heavy (non-hydrogen) atoms. The summed E-state index contributed by atoms with van der Waals surface area (Å²) in [5, 5.41) is 4.72.